The van der Waals surface area contributed by atoms with Crippen LogP contribution in [0.15, 0.2) is 24.3 Å². The van der Waals surface area contributed by atoms with Gasteiger partial charge in [0.05, 0.1) is 11.5 Å². The Hall–Kier alpha value is -1.33. The number of rotatable bonds is 1. The number of Topliss-reactive ketones (excluding diaryl/α,β-unsaturated/α-hetero) is 1. The molecule has 0 heterocycles. The van der Waals surface area contributed by atoms with Crippen LogP contribution in [-0.4, -0.2) is 5.78 Å². The highest BCUT2D eigenvalue weighted by Crippen LogP contribution is 2.38. The highest BCUT2D eigenvalue weighted by Gasteiger charge is 2.37. The largest absolute Gasteiger partial charge is 0.300 e. The number of hydrogen-bond donors (Lipinski definition) is 0. The van der Waals surface area contributed by atoms with E-state index in [0.717, 1.165) is 18.4 Å². The van der Waals surface area contributed by atoms with Gasteiger partial charge in [0.15, 0.2) is 0 Å². The minimum Gasteiger partial charge on any atom is -0.300 e. The van der Waals surface area contributed by atoms with Crippen LogP contribution in [0.3, 0.4) is 0 Å². The van der Waals surface area contributed by atoms with Gasteiger partial charge in [0.1, 0.15) is 5.78 Å². The van der Waals surface area contributed by atoms with Gasteiger partial charge in [-0.15, -0.1) is 0 Å². The lowest BCUT2D eigenvalue weighted by Gasteiger charge is -2.30. The maximum absolute atomic E-state index is 11.5. The van der Waals surface area contributed by atoms with Crippen LogP contribution in [0, 0.1) is 11.3 Å². The second-order valence-corrected chi connectivity index (χ2v) is 4.71. The number of benzene rings is 1. The fourth-order valence-corrected chi connectivity index (χ4v) is 2.48. The second kappa shape index (κ2) is 4.27. The van der Waals surface area contributed by atoms with Crippen LogP contribution in [0.2, 0.25) is 5.02 Å². The van der Waals surface area contributed by atoms with Crippen molar-refractivity contribution in [2.24, 2.45) is 0 Å². The maximum atomic E-state index is 11.5. The molecule has 1 unspecified atom stereocenters. The van der Waals surface area contributed by atoms with Crippen LogP contribution in [0.25, 0.3) is 0 Å². The zero-order valence-electron chi connectivity index (χ0n) is 8.87. The summed E-state index contributed by atoms with van der Waals surface area (Å²) in [6, 6.07) is 9.60. The Morgan fingerprint density at radius 2 is 2.25 bits per heavy atom. The molecule has 0 radical (unpaired) electrons. The molecule has 0 spiro atoms. The first-order chi connectivity index (χ1) is 7.66. The molecule has 2 rings (SSSR count). The normalized spacial score (nSPS) is 25.1. The number of carbonyl (C=O) groups is 1. The van der Waals surface area contributed by atoms with E-state index in [2.05, 4.69) is 6.07 Å². The Morgan fingerprint density at radius 3 is 2.88 bits per heavy atom. The van der Waals surface area contributed by atoms with Crippen molar-refractivity contribution in [3.05, 3.63) is 34.9 Å². The van der Waals surface area contributed by atoms with Crippen molar-refractivity contribution in [2.75, 3.05) is 0 Å². The summed E-state index contributed by atoms with van der Waals surface area (Å²) in [5.41, 5.74) is 0.218. The molecule has 0 amide bonds. The molecule has 2 nitrogen and oxygen atoms in total. The minimum absolute atomic E-state index is 0.174. The molecule has 1 aliphatic carbocycles. The van der Waals surface area contributed by atoms with Gasteiger partial charge < -0.3 is 0 Å². The van der Waals surface area contributed by atoms with Crippen molar-refractivity contribution < 1.29 is 4.79 Å². The Morgan fingerprint density at radius 1 is 1.44 bits per heavy atom. The summed E-state index contributed by atoms with van der Waals surface area (Å²) in [7, 11) is 0. The Labute approximate surface area is 99.8 Å². The zero-order valence-corrected chi connectivity index (χ0v) is 9.63. The molecule has 0 aromatic heterocycles. The molecule has 16 heavy (non-hydrogen) atoms. The van der Waals surface area contributed by atoms with Gasteiger partial charge >= 0.3 is 0 Å². The number of carbonyl (C=O) groups excluding carboxylic acids is 1. The molecule has 0 aliphatic heterocycles. The first-order valence-electron chi connectivity index (χ1n) is 5.35. The summed E-state index contributed by atoms with van der Waals surface area (Å²) in [5, 5.41) is 9.97. The molecule has 0 bridgehead atoms. The number of hydrogen-bond acceptors (Lipinski definition) is 2. The minimum atomic E-state index is -0.653. The van der Waals surface area contributed by atoms with Crippen molar-refractivity contribution in [1.82, 2.24) is 0 Å². The van der Waals surface area contributed by atoms with E-state index in [1.54, 1.807) is 12.1 Å². The van der Waals surface area contributed by atoms with Gasteiger partial charge in [-0.3, -0.25) is 4.79 Å². The first-order valence-corrected chi connectivity index (χ1v) is 5.73. The van der Waals surface area contributed by atoms with E-state index in [1.165, 1.54) is 0 Å². The zero-order chi connectivity index (χ0) is 11.6. The molecule has 1 atom stereocenters. The van der Waals surface area contributed by atoms with Gasteiger partial charge in [-0.2, -0.15) is 5.26 Å². The lowest BCUT2D eigenvalue weighted by Crippen LogP contribution is -2.31. The smallest absolute Gasteiger partial charge is 0.134 e. The lowest BCUT2D eigenvalue weighted by atomic mass is 9.70. The lowest BCUT2D eigenvalue weighted by molar-refractivity contribution is -0.121. The molecular formula is C13H12ClNO. The highest BCUT2D eigenvalue weighted by atomic mass is 35.5. The summed E-state index contributed by atoms with van der Waals surface area (Å²) in [4.78, 5) is 11.5. The SMILES string of the molecule is N#CC1(c2cccc(Cl)c2)CCCC(=O)C1. The average molecular weight is 234 g/mol. The molecule has 1 fully saturated rings. The maximum Gasteiger partial charge on any atom is 0.134 e. The summed E-state index contributed by atoms with van der Waals surface area (Å²) in [5.74, 6) is 0.174. The fraction of sp³-hybridized carbons (Fsp3) is 0.385. The van der Waals surface area contributed by atoms with Crippen LogP contribution in [0.1, 0.15) is 31.2 Å². The fourth-order valence-electron chi connectivity index (χ4n) is 2.29. The van der Waals surface area contributed by atoms with Crippen LogP contribution in [0.5, 0.6) is 0 Å². The number of nitriles is 1. The van der Waals surface area contributed by atoms with E-state index in [9.17, 15) is 10.1 Å². The molecule has 82 valence electrons. The van der Waals surface area contributed by atoms with E-state index >= 15 is 0 Å². The number of halogens is 1. The third-order valence-corrected chi connectivity index (χ3v) is 3.38. The topological polar surface area (TPSA) is 40.9 Å². The van der Waals surface area contributed by atoms with Gasteiger partial charge in [0, 0.05) is 17.9 Å². The van der Waals surface area contributed by atoms with Crippen molar-refractivity contribution in [1.29, 1.82) is 5.26 Å². The molecule has 1 aromatic rings. The van der Waals surface area contributed by atoms with E-state index in [1.807, 2.05) is 12.1 Å². The standard InChI is InChI=1S/C13H12ClNO/c14-11-4-1-3-10(7-11)13(9-15)6-2-5-12(16)8-13/h1,3-4,7H,2,5-6,8H2. The van der Waals surface area contributed by atoms with Crippen LogP contribution < -0.4 is 0 Å². The van der Waals surface area contributed by atoms with Gasteiger partial charge in [-0.05, 0) is 30.5 Å². The van der Waals surface area contributed by atoms with E-state index < -0.39 is 5.41 Å². The number of ketones is 1. The van der Waals surface area contributed by atoms with Crippen molar-refractivity contribution in [3.63, 3.8) is 0 Å². The Kier molecular flexibility index (Phi) is 2.98. The molecule has 1 aliphatic rings. The molecule has 1 saturated carbocycles. The van der Waals surface area contributed by atoms with E-state index in [4.69, 9.17) is 11.6 Å². The monoisotopic (exact) mass is 233 g/mol. The van der Waals surface area contributed by atoms with Crippen molar-refractivity contribution in [3.8, 4) is 6.07 Å². The predicted octanol–water partition coefficient (Wildman–Crippen LogP) is 3.24. The summed E-state index contributed by atoms with van der Waals surface area (Å²) in [6.45, 7) is 0. The van der Waals surface area contributed by atoms with Crippen LogP contribution in [-0.2, 0) is 10.2 Å². The Bertz CT molecular complexity index is 463. The summed E-state index contributed by atoms with van der Waals surface area (Å²) < 4.78 is 0. The molecule has 3 heteroatoms. The van der Waals surface area contributed by atoms with Gasteiger partial charge in [0.2, 0.25) is 0 Å². The van der Waals surface area contributed by atoms with Gasteiger partial charge in [-0.1, -0.05) is 23.7 Å². The molecule has 0 saturated heterocycles. The molecule has 0 N–H and O–H groups in total. The summed E-state index contributed by atoms with van der Waals surface area (Å²) >= 11 is 5.93. The van der Waals surface area contributed by atoms with Crippen LogP contribution >= 0.6 is 11.6 Å². The first kappa shape index (κ1) is 11.2. The van der Waals surface area contributed by atoms with Crippen molar-refractivity contribution >= 4 is 17.4 Å². The van der Waals surface area contributed by atoms with E-state index in [-0.39, 0.29) is 5.78 Å². The third kappa shape index (κ3) is 1.96. The summed E-state index contributed by atoms with van der Waals surface area (Å²) in [6.07, 6.45) is 2.46. The third-order valence-electron chi connectivity index (χ3n) is 3.15. The van der Waals surface area contributed by atoms with Gasteiger partial charge in [-0.25, -0.2) is 0 Å². The quantitative estimate of drug-likeness (QED) is 0.747. The Balaban J connectivity index is 2.42. The van der Waals surface area contributed by atoms with Crippen LogP contribution in [0.4, 0.5) is 0 Å². The highest BCUT2D eigenvalue weighted by molar-refractivity contribution is 6.30. The van der Waals surface area contributed by atoms with Gasteiger partial charge in [0.25, 0.3) is 0 Å². The average Bonchev–Trinajstić information content (AvgIpc) is 2.29. The second-order valence-electron chi connectivity index (χ2n) is 4.27. The number of nitrogens with zero attached hydrogens (tertiary/aromatic N) is 1. The molecular weight excluding hydrogens is 222 g/mol. The van der Waals surface area contributed by atoms with E-state index in [0.29, 0.717) is 17.9 Å². The van der Waals surface area contributed by atoms with Crippen molar-refractivity contribution in [2.45, 2.75) is 31.1 Å². The molecule has 1 aromatic carbocycles. The predicted molar refractivity (Wildman–Crippen MR) is 62.2 cm³/mol.